The van der Waals surface area contributed by atoms with Gasteiger partial charge >= 0.3 is 11.8 Å². The third kappa shape index (κ3) is 4.53. The minimum atomic E-state index is -1.41. The van der Waals surface area contributed by atoms with Crippen molar-refractivity contribution in [2.45, 2.75) is 19.1 Å². The van der Waals surface area contributed by atoms with Crippen LogP contribution in [0.25, 0.3) is 0 Å². The van der Waals surface area contributed by atoms with E-state index in [9.17, 15) is 19.1 Å². The fourth-order valence-electron chi connectivity index (χ4n) is 2.53. The van der Waals surface area contributed by atoms with Gasteiger partial charge in [0.1, 0.15) is 11.4 Å². The van der Waals surface area contributed by atoms with E-state index in [1.54, 1.807) is 18.2 Å². The fourth-order valence-corrected chi connectivity index (χ4v) is 2.53. The van der Waals surface area contributed by atoms with Gasteiger partial charge in [-0.1, -0.05) is 18.2 Å². The fraction of sp³-hybridized carbons (Fsp3) is 0.263. The van der Waals surface area contributed by atoms with Crippen molar-refractivity contribution in [1.29, 1.82) is 0 Å². The molecule has 142 valence electrons. The monoisotopic (exact) mass is 374 g/mol. The first-order valence-electron chi connectivity index (χ1n) is 8.28. The summed E-state index contributed by atoms with van der Waals surface area (Å²) in [7, 11) is 0. The molecule has 1 heterocycles. The zero-order valence-electron chi connectivity index (χ0n) is 14.6. The number of ether oxygens (including phenoxy) is 2. The van der Waals surface area contributed by atoms with Gasteiger partial charge in [-0.2, -0.15) is 0 Å². The predicted octanol–water partition coefficient (Wildman–Crippen LogP) is 1.19. The first-order chi connectivity index (χ1) is 12.8. The van der Waals surface area contributed by atoms with Crippen molar-refractivity contribution in [2.75, 3.05) is 13.3 Å². The van der Waals surface area contributed by atoms with Crippen LogP contribution in [-0.2, 0) is 21.7 Å². The maximum absolute atomic E-state index is 12.8. The zero-order chi connectivity index (χ0) is 19.4. The third-order valence-electron chi connectivity index (χ3n) is 4.16. The predicted molar refractivity (Wildman–Crippen MR) is 93.4 cm³/mol. The molecule has 0 aromatic heterocycles. The van der Waals surface area contributed by atoms with Crippen molar-refractivity contribution in [1.82, 2.24) is 10.6 Å². The quantitative estimate of drug-likeness (QED) is 0.684. The van der Waals surface area contributed by atoms with Crippen LogP contribution in [0, 0.1) is 5.82 Å². The Bertz CT molecular complexity index is 852. The molecule has 0 fully saturated rings. The van der Waals surface area contributed by atoms with E-state index in [0.717, 1.165) is 0 Å². The molecule has 27 heavy (non-hydrogen) atoms. The van der Waals surface area contributed by atoms with E-state index in [1.165, 1.54) is 31.2 Å². The van der Waals surface area contributed by atoms with Gasteiger partial charge in [0.2, 0.25) is 6.79 Å². The second-order valence-electron chi connectivity index (χ2n) is 6.33. The van der Waals surface area contributed by atoms with Crippen molar-refractivity contribution in [3.8, 4) is 11.5 Å². The Kier molecular flexibility index (Phi) is 5.27. The average Bonchev–Trinajstić information content (AvgIpc) is 3.13. The number of rotatable bonds is 5. The van der Waals surface area contributed by atoms with Gasteiger partial charge in [0.15, 0.2) is 11.5 Å². The molecular formula is C19H19FN2O5. The molecular weight excluding hydrogens is 355 g/mol. The second kappa shape index (κ2) is 7.63. The zero-order valence-corrected chi connectivity index (χ0v) is 14.6. The van der Waals surface area contributed by atoms with E-state index in [-0.39, 0.29) is 25.7 Å². The molecule has 3 N–H and O–H groups in total. The smallest absolute Gasteiger partial charge is 0.309 e. The third-order valence-corrected chi connectivity index (χ3v) is 4.16. The minimum Gasteiger partial charge on any atom is -0.454 e. The molecule has 0 spiro atoms. The molecule has 0 radical (unpaired) electrons. The van der Waals surface area contributed by atoms with Crippen LogP contribution in [-0.4, -0.2) is 30.3 Å². The molecule has 7 nitrogen and oxygen atoms in total. The van der Waals surface area contributed by atoms with Crippen molar-refractivity contribution >= 4 is 11.8 Å². The van der Waals surface area contributed by atoms with Crippen molar-refractivity contribution in [3.63, 3.8) is 0 Å². The molecule has 0 bridgehead atoms. The highest BCUT2D eigenvalue weighted by atomic mass is 19.1. The van der Waals surface area contributed by atoms with Gasteiger partial charge < -0.3 is 25.2 Å². The van der Waals surface area contributed by atoms with E-state index in [1.807, 2.05) is 0 Å². The Labute approximate surface area is 155 Å². The van der Waals surface area contributed by atoms with Crippen LogP contribution in [0.2, 0.25) is 0 Å². The lowest BCUT2D eigenvalue weighted by Crippen LogP contribution is -2.45. The summed E-state index contributed by atoms with van der Waals surface area (Å²) in [6.07, 6.45) is 0. The summed E-state index contributed by atoms with van der Waals surface area (Å²) < 4.78 is 23.3. The van der Waals surface area contributed by atoms with E-state index >= 15 is 0 Å². The molecule has 0 saturated carbocycles. The van der Waals surface area contributed by atoms with Gasteiger partial charge in [0.25, 0.3) is 0 Å². The van der Waals surface area contributed by atoms with Gasteiger partial charge in [-0.05, 0) is 42.3 Å². The minimum absolute atomic E-state index is 0.0884. The van der Waals surface area contributed by atoms with E-state index in [2.05, 4.69) is 10.6 Å². The Morgan fingerprint density at radius 1 is 1.07 bits per heavy atom. The van der Waals surface area contributed by atoms with Crippen LogP contribution in [0.5, 0.6) is 11.5 Å². The van der Waals surface area contributed by atoms with Crippen molar-refractivity contribution in [3.05, 3.63) is 59.4 Å². The van der Waals surface area contributed by atoms with Gasteiger partial charge in [0, 0.05) is 6.54 Å². The Hall–Kier alpha value is -3.13. The summed E-state index contributed by atoms with van der Waals surface area (Å²) >= 11 is 0. The van der Waals surface area contributed by atoms with Crippen molar-refractivity contribution < 1.29 is 28.6 Å². The van der Waals surface area contributed by atoms with Gasteiger partial charge in [0.05, 0.1) is 6.54 Å². The van der Waals surface area contributed by atoms with Crippen molar-refractivity contribution in [2.24, 2.45) is 0 Å². The Balaban J connectivity index is 1.52. The van der Waals surface area contributed by atoms with Gasteiger partial charge in [-0.3, -0.25) is 9.59 Å². The second-order valence-corrected chi connectivity index (χ2v) is 6.33. The first kappa shape index (κ1) is 18.7. The number of hydrogen-bond donors (Lipinski definition) is 3. The van der Waals surface area contributed by atoms with E-state index in [4.69, 9.17) is 9.47 Å². The molecule has 1 atom stereocenters. The Morgan fingerprint density at radius 2 is 1.74 bits per heavy atom. The molecule has 2 aromatic carbocycles. The summed E-state index contributed by atoms with van der Waals surface area (Å²) in [6.45, 7) is 1.55. The molecule has 8 heteroatoms. The topological polar surface area (TPSA) is 96.9 Å². The highest BCUT2D eigenvalue weighted by molar-refractivity contribution is 6.35. The molecule has 2 aromatic rings. The number of hydrogen-bond acceptors (Lipinski definition) is 5. The van der Waals surface area contributed by atoms with Crippen LogP contribution >= 0.6 is 0 Å². The van der Waals surface area contributed by atoms with E-state index in [0.29, 0.717) is 22.6 Å². The SMILES string of the molecule is C[C@](O)(CNC(=O)C(=O)NCc1ccc(F)cc1)c1ccc2c(c1)OCO2. The van der Waals surface area contributed by atoms with Gasteiger partial charge in [-0.15, -0.1) is 0 Å². The average molecular weight is 374 g/mol. The summed E-state index contributed by atoms with van der Waals surface area (Å²) in [4.78, 5) is 23.8. The first-order valence-corrected chi connectivity index (χ1v) is 8.28. The highest BCUT2D eigenvalue weighted by Gasteiger charge is 2.27. The number of benzene rings is 2. The largest absolute Gasteiger partial charge is 0.454 e. The number of carbonyl (C=O) groups is 2. The molecule has 1 aliphatic heterocycles. The van der Waals surface area contributed by atoms with Crippen LogP contribution in [0.3, 0.4) is 0 Å². The summed E-state index contributed by atoms with van der Waals surface area (Å²) in [6, 6.07) is 10.5. The summed E-state index contributed by atoms with van der Waals surface area (Å²) in [5.74, 6) is -1.01. The normalized spacial score (nSPS) is 14.3. The van der Waals surface area contributed by atoms with Crippen LogP contribution in [0.15, 0.2) is 42.5 Å². The lowest BCUT2D eigenvalue weighted by atomic mass is 9.95. The molecule has 3 rings (SSSR count). The number of amides is 2. The molecule has 0 unspecified atom stereocenters. The molecule has 2 amide bonds. The highest BCUT2D eigenvalue weighted by Crippen LogP contribution is 2.35. The molecule has 1 aliphatic rings. The Morgan fingerprint density at radius 3 is 2.48 bits per heavy atom. The molecule has 0 saturated heterocycles. The number of fused-ring (bicyclic) bond motifs is 1. The van der Waals surface area contributed by atoms with Gasteiger partial charge in [-0.25, -0.2) is 4.39 Å². The maximum Gasteiger partial charge on any atom is 0.309 e. The number of aliphatic hydroxyl groups is 1. The van der Waals surface area contributed by atoms with Crippen LogP contribution in [0.1, 0.15) is 18.1 Å². The molecule has 0 aliphatic carbocycles. The number of nitrogens with one attached hydrogen (secondary N) is 2. The lowest BCUT2D eigenvalue weighted by molar-refractivity contribution is -0.139. The maximum atomic E-state index is 12.8. The lowest BCUT2D eigenvalue weighted by Gasteiger charge is -2.24. The van der Waals surface area contributed by atoms with Crippen LogP contribution < -0.4 is 20.1 Å². The summed E-state index contributed by atoms with van der Waals surface area (Å²) in [5.41, 5.74) is -0.239. The summed E-state index contributed by atoms with van der Waals surface area (Å²) in [5, 5.41) is 15.4. The standard InChI is InChI=1S/C19H19FN2O5/c1-19(25,13-4-7-15-16(8-13)27-11-26-15)10-22-18(24)17(23)21-9-12-2-5-14(20)6-3-12/h2-8,25H,9-11H2,1H3,(H,21,23)(H,22,24)/t19-/m0/s1. The number of halogens is 1. The van der Waals surface area contributed by atoms with E-state index < -0.39 is 17.4 Å². The van der Waals surface area contributed by atoms with Crippen LogP contribution in [0.4, 0.5) is 4.39 Å². The number of carbonyl (C=O) groups excluding carboxylic acids is 2.